The molecule has 1 N–H and O–H groups in total. The molecule has 1 aromatic carbocycles. The first-order valence-electron chi connectivity index (χ1n) is 5.60. The van der Waals surface area contributed by atoms with Gasteiger partial charge in [-0.1, -0.05) is 29.8 Å². The van der Waals surface area contributed by atoms with E-state index in [0.717, 1.165) is 10.3 Å². The van der Waals surface area contributed by atoms with E-state index in [-0.39, 0.29) is 6.04 Å². The molecule has 0 fully saturated rings. The molecule has 0 bridgehead atoms. The van der Waals surface area contributed by atoms with Crippen molar-refractivity contribution < 1.29 is 0 Å². The lowest BCUT2D eigenvalue weighted by Gasteiger charge is -2.16. The maximum Gasteiger partial charge on any atom is 0.140 e. The average Bonchev–Trinajstić information content (AvgIpc) is 2.33. The topological polar surface area (TPSA) is 24.9 Å². The summed E-state index contributed by atoms with van der Waals surface area (Å²) in [5.41, 5.74) is 2.54. The Bertz CT molecular complexity index is 494. The number of nitrogens with one attached hydrogen (secondary N) is 1. The average molecular weight is 291 g/mol. The van der Waals surface area contributed by atoms with E-state index in [4.69, 9.17) is 0 Å². The normalized spacial score (nSPS) is 12.2. The van der Waals surface area contributed by atoms with Gasteiger partial charge in [-0.15, -0.1) is 0 Å². The number of benzene rings is 1. The van der Waals surface area contributed by atoms with Crippen LogP contribution in [0.5, 0.6) is 0 Å². The van der Waals surface area contributed by atoms with E-state index in [1.807, 2.05) is 12.1 Å². The third kappa shape index (κ3) is 3.07. The van der Waals surface area contributed by atoms with Gasteiger partial charge in [0.15, 0.2) is 0 Å². The molecule has 17 heavy (non-hydrogen) atoms. The predicted octanol–water partition coefficient (Wildman–Crippen LogP) is 4.33. The first-order chi connectivity index (χ1) is 8.16. The number of pyridine rings is 1. The summed E-state index contributed by atoms with van der Waals surface area (Å²) >= 11 is 3.48. The molecule has 1 heterocycles. The van der Waals surface area contributed by atoms with Crippen molar-refractivity contribution in [3.8, 4) is 0 Å². The summed E-state index contributed by atoms with van der Waals surface area (Å²) in [6.45, 7) is 4.23. The van der Waals surface area contributed by atoms with Crippen molar-refractivity contribution in [2.24, 2.45) is 0 Å². The summed E-state index contributed by atoms with van der Waals surface area (Å²) in [7, 11) is 0. The summed E-state index contributed by atoms with van der Waals surface area (Å²) in [5.74, 6) is 0.876. The summed E-state index contributed by atoms with van der Waals surface area (Å²) in [5, 5.41) is 3.39. The van der Waals surface area contributed by atoms with Crippen LogP contribution in [0.2, 0.25) is 0 Å². The van der Waals surface area contributed by atoms with Gasteiger partial charge in [-0.3, -0.25) is 0 Å². The summed E-state index contributed by atoms with van der Waals surface area (Å²) in [6.07, 6.45) is 1.79. The van der Waals surface area contributed by atoms with Crippen molar-refractivity contribution in [1.29, 1.82) is 0 Å². The van der Waals surface area contributed by atoms with Gasteiger partial charge in [0.25, 0.3) is 0 Å². The Balaban J connectivity index is 2.14. The molecule has 3 heteroatoms. The number of aryl methyl sites for hydroxylation is 1. The lowest BCUT2D eigenvalue weighted by Crippen LogP contribution is -2.08. The van der Waals surface area contributed by atoms with Crippen LogP contribution in [0.1, 0.15) is 24.1 Å². The fourth-order valence-electron chi connectivity index (χ4n) is 1.64. The first-order valence-corrected chi connectivity index (χ1v) is 6.40. The van der Waals surface area contributed by atoms with Gasteiger partial charge in [0.1, 0.15) is 5.82 Å². The quantitative estimate of drug-likeness (QED) is 0.910. The molecule has 2 nitrogen and oxygen atoms in total. The van der Waals surface area contributed by atoms with Gasteiger partial charge in [-0.2, -0.15) is 0 Å². The van der Waals surface area contributed by atoms with Gasteiger partial charge < -0.3 is 5.32 Å². The largest absolute Gasteiger partial charge is 0.363 e. The zero-order valence-corrected chi connectivity index (χ0v) is 11.5. The summed E-state index contributed by atoms with van der Waals surface area (Å²) in [4.78, 5) is 4.30. The third-order valence-corrected chi connectivity index (χ3v) is 3.33. The lowest BCUT2D eigenvalue weighted by atomic mass is 10.1. The molecule has 0 aliphatic heterocycles. The van der Waals surface area contributed by atoms with Gasteiger partial charge >= 0.3 is 0 Å². The van der Waals surface area contributed by atoms with E-state index in [2.05, 4.69) is 64.3 Å². The van der Waals surface area contributed by atoms with Gasteiger partial charge in [0.05, 0.1) is 4.47 Å². The van der Waals surface area contributed by atoms with Crippen molar-refractivity contribution in [3.63, 3.8) is 0 Å². The van der Waals surface area contributed by atoms with Crippen LogP contribution in [-0.4, -0.2) is 4.98 Å². The minimum atomic E-state index is 0.238. The van der Waals surface area contributed by atoms with E-state index in [1.54, 1.807) is 6.20 Å². The molecule has 2 rings (SSSR count). The Kier molecular flexibility index (Phi) is 3.79. The van der Waals surface area contributed by atoms with Gasteiger partial charge in [-0.05, 0) is 47.5 Å². The van der Waals surface area contributed by atoms with Gasteiger partial charge in [-0.25, -0.2) is 4.98 Å². The monoisotopic (exact) mass is 290 g/mol. The zero-order chi connectivity index (χ0) is 12.3. The van der Waals surface area contributed by atoms with Crippen LogP contribution in [-0.2, 0) is 0 Å². The van der Waals surface area contributed by atoms with Crippen molar-refractivity contribution in [2.75, 3.05) is 5.32 Å². The number of nitrogens with zero attached hydrogens (tertiary/aromatic N) is 1. The van der Waals surface area contributed by atoms with Crippen molar-refractivity contribution in [3.05, 3.63) is 58.2 Å². The van der Waals surface area contributed by atoms with E-state index in [1.165, 1.54) is 11.1 Å². The molecule has 0 aliphatic carbocycles. The van der Waals surface area contributed by atoms with E-state index in [9.17, 15) is 0 Å². The maximum atomic E-state index is 4.30. The number of hydrogen-bond donors (Lipinski definition) is 1. The highest BCUT2D eigenvalue weighted by Gasteiger charge is 2.07. The fraction of sp³-hybridized carbons (Fsp3) is 0.214. The Morgan fingerprint density at radius 2 is 1.88 bits per heavy atom. The van der Waals surface area contributed by atoms with E-state index in [0.29, 0.717) is 0 Å². The molecular weight excluding hydrogens is 276 g/mol. The second-order valence-corrected chi connectivity index (χ2v) is 4.96. The highest BCUT2D eigenvalue weighted by atomic mass is 79.9. The van der Waals surface area contributed by atoms with E-state index < -0.39 is 0 Å². The highest BCUT2D eigenvalue weighted by molar-refractivity contribution is 9.10. The van der Waals surface area contributed by atoms with Crippen LogP contribution < -0.4 is 5.32 Å². The fourth-order valence-corrected chi connectivity index (χ4v) is 2.00. The first kappa shape index (κ1) is 12.1. The molecule has 1 aromatic heterocycles. The number of anilines is 1. The van der Waals surface area contributed by atoms with Crippen LogP contribution >= 0.6 is 15.9 Å². The number of aromatic nitrogens is 1. The third-order valence-electron chi connectivity index (χ3n) is 2.69. The smallest absolute Gasteiger partial charge is 0.140 e. The maximum absolute atomic E-state index is 4.30. The van der Waals surface area contributed by atoms with Gasteiger partial charge in [0, 0.05) is 12.2 Å². The summed E-state index contributed by atoms with van der Waals surface area (Å²) in [6, 6.07) is 12.7. The molecule has 1 unspecified atom stereocenters. The van der Waals surface area contributed by atoms with E-state index >= 15 is 0 Å². The molecule has 0 spiro atoms. The Morgan fingerprint density at radius 1 is 1.18 bits per heavy atom. The Morgan fingerprint density at radius 3 is 2.53 bits per heavy atom. The molecular formula is C14H15BrN2. The van der Waals surface area contributed by atoms with Crippen LogP contribution in [0.15, 0.2) is 47.1 Å². The summed E-state index contributed by atoms with van der Waals surface area (Å²) < 4.78 is 0.985. The highest BCUT2D eigenvalue weighted by Crippen LogP contribution is 2.24. The minimum absolute atomic E-state index is 0.238. The number of halogens is 1. The van der Waals surface area contributed by atoms with Gasteiger partial charge in [0.2, 0.25) is 0 Å². The molecule has 1 atom stereocenters. The second-order valence-electron chi connectivity index (χ2n) is 4.11. The van der Waals surface area contributed by atoms with Crippen molar-refractivity contribution in [2.45, 2.75) is 19.9 Å². The molecule has 2 aromatic rings. The van der Waals surface area contributed by atoms with Crippen LogP contribution in [0, 0.1) is 6.92 Å². The zero-order valence-electron chi connectivity index (χ0n) is 9.94. The molecule has 0 saturated heterocycles. The SMILES string of the molecule is Cc1ccc(C(C)Nc2ncccc2Br)cc1. The van der Waals surface area contributed by atoms with Crippen LogP contribution in [0.4, 0.5) is 5.82 Å². The molecule has 0 saturated carbocycles. The second kappa shape index (κ2) is 5.32. The molecule has 0 amide bonds. The Hall–Kier alpha value is -1.35. The minimum Gasteiger partial charge on any atom is -0.363 e. The Labute approximate surface area is 110 Å². The van der Waals surface area contributed by atoms with Crippen molar-refractivity contribution >= 4 is 21.7 Å². The number of hydrogen-bond acceptors (Lipinski definition) is 2. The predicted molar refractivity (Wildman–Crippen MR) is 75.2 cm³/mol. The molecule has 0 radical (unpaired) electrons. The standard InChI is InChI=1S/C14H15BrN2/c1-10-5-7-12(8-6-10)11(2)17-14-13(15)4-3-9-16-14/h3-9,11H,1-2H3,(H,16,17). The number of rotatable bonds is 3. The molecule has 0 aliphatic rings. The molecule has 88 valence electrons. The lowest BCUT2D eigenvalue weighted by molar-refractivity contribution is 0.872. The van der Waals surface area contributed by atoms with Crippen LogP contribution in [0.3, 0.4) is 0 Å². The van der Waals surface area contributed by atoms with Crippen LogP contribution in [0.25, 0.3) is 0 Å². The van der Waals surface area contributed by atoms with Crippen molar-refractivity contribution in [1.82, 2.24) is 4.98 Å².